The van der Waals surface area contributed by atoms with Crippen molar-refractivity contribution in [1.29, 1.82) is 0 Å². The summed E-state index contributed by atoms with van der Waals surface area (Å²) in [6.45, 7) is 3.42. The lowest BCUT2D eigenvalue weighted by Crippen LogP contribution is -2.30. The SMILES string of the molecule is CN(CCCn1ccc(N)n1)CC1CC2CCC1C2. The fraction of sp³-hybridized carbons (Fsp3) is 0.800. The normalized spacial score (nSPS) is 29.5. The van der Waals surface area contributed by atoms with Crippen LogP contribution in [0.5, 0.6) is 0 Å². The number of hydrogen-bond donors (Lipinski definition) is 1. The molecule has 0 radical (unpaired) electrons. The van der Waals surface area contributed by atoms with Gasteiger partial charge in [0.2, 0.25) is 0 Å². The molecule has 2 aliphatic rings. The van der Waals surface area contributed by atoms with E-state index in [0.29, 0.717) is 5.82 Å². The number of rotatable bonds is 6. The van der Waals surface area contributed by atoms with Gasteiger partial charge in [0, 0.05) is 19.3 Å². The van der Waals surface area contributed by atoms with Gasteiger partial charge in [-0.3, -0.25) is 4.68 Å². The van der Waals surface area contributed by atoms with Crippen molar-refractivity contribution in [3.8, 4) is 0 Å². The third-order valence-corrected chi connectivity index (χ3v) is 5.02. The Bertz CT molecular complexity index is 414. The van der Waals surface area contributed by atoms with E-state index in [1.54, 1.807) is 0 Å². The summed E-state index contributed by atoms with van der Waals surface area (Å²) in [6, 6.07) is 1.86. The molecule has 3 unspecified atom stereocenters. The summed E-state index contributed by atoms with van der Waals surface area (Å²) in [5, 5.41) is 4.22. The summed E-state index contributed by atoms with van der Waals surface area (Å²) >= 11 is 0. The highest BCUT2D eigenvalue weighted by Crippen LogP contribution is 2.48. The van der Waals surface area contributed by atoms with Crippen LogP contribution in [-0.4, -0.2) is 34.8 Å². The van der Waals surface area contributed by atoms with E-state index in [-0.39, 0.29) is 0 Å². The van der Waals surface area contributed by atoms with E-state index >= 15 is 0 Å². The summed E-state index contributed by atoms with van der Waals surface area (Å²) < 4.78 is 1.95. The highest BCUT2D eigenvalue weighted by atomic mass is 15.3. The van der Waals surface area contributed by atoms with Gasteiger partial charge in [-0.15, -0.1) is 0 Å². The second kappa shape index (κ2) is 5.53. The van der Waals surface area contributed by atoms with Crippen LogP contribution in [-0.2, 0) is 6.54 Å². The molecule has 19 heavy (non-hydrogen) atoms. The molecule has 3 rings (SSSR count). The van der Waals surface area contributed by atoms with Crippen molar-refractivity contribution in [3.05, 3.63) is 12.3 Å². The first-order valence-corrected chi connectivity index (χ1v) is 7.68. The van der Waals surface area contributed by atoms with Crippen LogP contribution in [0.25, 0.3) is 0 Å². The molecule has 3 atom stereocenters. The molecule has 0 amide bonds. The van der Waals surface area contributed by atoms with Gasteiger partial charge in [0.25, 0.3) is 0 Å². The molecular weight excluding hydrogens is 236 g/mol. The standard InChI is InChI=1S/C15H26N4/c1-18(6-2-7-19-8-5-15(16)17-19)11-14-10-12-3-4-13(14)9-12/h5,8,12-14H,2-4,6-7,9-11H2,1H3,(H2,16,17). The number of nitrogens with zero attached hydrogens (tertiary/aromatic N) is 3. The topological polar surface area (TPSA) is 47.1 Å². The van der Waals surface area contributed by atoms with Crippen molar-refractivity contribution in [1.82, 2.24) is 14.7 Å². The van der Waals surface area contributed by atoms with Gasteiger partial charge in [0.1, 0.15) is 5.82 Å². The number of hydrogen-bond acceptors (Lipinski definition) is 3. The maximum atomic E-state index is 5.61. The van der Waals surface area contributed by atoms with Gasteiger partial charge in [0.15, 0.2) is 0 Å². The molecule has 1 aromatic heterocycles. The first kappa shape index (κ1) is 13.0. The lowest BCUT2D eigenvalue weighted by atomic mass is 9.88. The molecule has 4 nitrogen and oxygen atoms in total. The van der Waals surface area contributed by atoms with Crippen molar-refractivity contribution < 1.29 is 0 Å². The van der Waals surface area contributed by atoms with Gasteiger partial charge in [0.05, 0.1) is 0 Å². The lowest BCUT2D eigenvalue weighted by Gasteiger charge is -2.27. The molecule has 1 aromatic rings. The average molecular weight is 262 g/mol. The summed E-state index contributed by atoms with van der Waals surface area (Å²) in [5.41, 5.74) is 5.61. The van der Waals surface area contributed by atoms with E-state index in [4.69, 9.17) is 5.73 Å². The highest BCUT2D eigenvalue weighted by Gasteiger charge is 2.39. The van der Waals surface area contributed by atoms with Crippen molar-refractivity contribution in [2.75, 3.05) is 25.9 Å². The monoisotopic (exact) mass is 262 g/mol. The summed E-state index contributed by atoms with van der Waals surface area (Å²) in [7, 11) is 2.27. The zero-order chi connectivity index (χ0) is 13.2. The van der Waals surface area contributed by atoms with Gasteiger partial charge in [-0.05, 0) is 63.1 Å². The number of fused-ring (bicyclic) bond motifs is 2. The Kier molecular flexibility index (Phi) is 3.78. The molecule has 2 aliphatic carbocycles. The van der Waals surface area contributed by atoms with E-state index < -0.39 is 0 Å². The number of aryl methyl sites for hydroxylation is 1. The van der Waals surface area contributed by atoms with Gasteiger partial charge in [-0.1, -0.05) is 6.42 Å². The van der Waals surface area contributed by atoms with E-state index in [0.717, 1.165) is 37.3 Å². The average Bonchev–Trinajstić information content (AvgIpc) is 3.06. The van der Waals surface area contributed by atoms with Gasteiger partial charge >= 0.3 is 0 Å². The minimum Gasteiger partial charge on any atom is -0.382 e. The van der Waals surface area contributed by atoms with Crippen LogP contribution in [0.4, 0.5) is 5.82 Å². The smallest absolute Gasteiger partial charge is 0.145 e. The zero-order valence-electron chi connectivity index (χ0n) is 12.0. The minimum absolute atomic E-state index is 0.621. The highest BCUT2D eigenvalue weighted by molar-refractivity contribution is 5.23. The number of anilines is 1. The quantitative estimate of drug-likeness (QED) is 0.855. The Morgan fingerprint density at radius 1 is 1.42 bits per heavy atom. The predicted octanol–water partition coefficient (Wildman–Crippen LogP) is 2.22. The summed E-state index contributed by atoms with van der Waals surface area (Å²) in [4.78, 5) is 2.51. The summed E-state index contributed by atoms with van der Waals surface area (Å²) in [5.74, 6) is 3.70. The molecule has 0 saturated heterocycles. The lowest BCUT2D eigenvalue weighted by molar-refractivity contribution is 0.215. The fourth-order valence-electron chi connectivity index (χ4n) is 4.10. The Morgan fingerprint density at radius 3 is 2.95 bits per heavy atom. The molecule has 0 aliphatic heterocycles. The van der Waals surface area contributed by atoms with Crippen LogP contribution in [0.15, 0.2) is 12.3 Å². The predicted molar refractivity (Wildman–Crippen MR) is 77.7 cm³/mol. The molecule has 2 bridgehead atoms. The van der Waals surface area contributed by atoms with Gasteiger partial charge in [-0.2, -0.15) is 5.10 Å². The molecular formula is C15H26N4. The van der Waals surface area contributed by atoms with Crippen molar-refractivity contribution in [3.63, 3.8) is 0 Å². The Labute approximate surface area is 116 Å². The van der Waals surface area contributed by atoms with Crippen LogP contribution >= 0.6 is 0 Å². The van der Waals surface area contributed by atoms with E-state index in [9.17, 15) is 0 Å². The van der Waals surface area contributed by atoms with Crippen LogP contribution in [0.1, 0.15) is 32.1 Å². The minimum atomic E-state index is 0.621. The maximum Gasteiger partial charge on any atom is 0.145 e. The third-order valence-electron chi connectivity index (χ3n) is 5.02. The third kappa shape index (κ3) is 3.11. The molecule has 2 saturated carbocycles. The Hall–Kier alpha value is -1.03. The Balaban J connectivity index is 1.36. The van der Waals surface area contributed by atoms with Gasteiger partial charge in [-0.25, -0.2) is 0 Å². The van der Waals surface area contributed by atoms with Crippen LogP contribution in [0.3, 0.4) is 0 Å². The number of aromatic nitrogens is 2. The van der Waals surface area contributed by atoms with E-state index in [1.165, 1.54) is 32.2 Å². The largest absolute Gasteiger partial charge is 0.382 e. The molecule has 1 heterocycles. The van der Waals surface area contributed by atoms with Crippen LogP contribution in [0.2, 0.25) is 0 Å². The first-order chi connectivity index (χ1) is 9.20. The van der Waals surface area contributed by atoms with Crippen molar-refractivity contribution in [2.24, 2.45) is 17.8 Å². The van der Waals surface area contributed by atoms with Crippen LogP contribution < -0.4 is 5.73 Å². The fourth-order valence-corrected chi connectivity index (χ4v) is 4.10. The van der Waals surface area contributed by atoms with Crippen molar-refractivity contribution >= 4 is 5.82 Å². The zero-order valence-corrected chi connectivity index (χ0v) is 12.0. The van der Waals surface area contributed by atoms with Gasteiger partial charge < -0.3 is 10.6 Å². The molecule has 0 aromatic carbocycles. The molecule has 4 heteroatoms. The second-order valence-electron chi connectivity index (χ2n) is 6.55. The van der Waals surface area contributed by atoms with Crippen molar-refractivity contribution in [2.45, 2.75) is 38.6 Å². The molecule has 0 spiro atoms. The molecule has 106 valence electrons. The van der Waals surface area contributed by atoms with E-state index in [1.807, 2.05) is 16.9 Å². The Morgan fingerprint density at radius 2 is 2.32 bits per heavy atom. The first-order valence-electron chi connectivity index (χ1n) is 7.68. The van der Waals surface area contributed by atoms with E-state index in [2.05, 4.69) is 17.0 Å². The molecule has 2 fully saturated rings. The maximum absolute atomic E-state index is 5.61. The number of nitrogens with two attached hydrogens (primary N) is 1. The van der Waals surface area contributed by atoms with Crippen LogP contribution in [0, 0.1) is 17.8 Å². The summed E-state index contributed by atoms with van der Waals surface area (Å²) in [6.07, 6.45) is 9.13. The molecule has 2 N–H and O–H groups in total. The second-order valence-corrected chi connectivity index (χ2v) is 6.55. The number of nitrogen functional groups attached to an aromatic ring is 1.